The van der Waals surface area contributed by atoms with Crippen LogP contribution in [0.1, 0.15) is 20.7 Å². The third-order valence-electron chi connectivity index (χ3n) is 5.33. The van der Waals surface area contributed by atoms with Crippen LogP contribution in [0.3, 0.4) is 0 Å². The van der Waals surface area contributed by atoms with Crippen LogP contribution in [-0.4, -0.2) is 81.6 Å². The molecule has 1 aliphatic heterocycles. The highest BCUT2D eigenvalue weighted by molar-refractivity contribution is 6.32. The molecule has 2 aromatic rings. The zero-order valence-electron chi connectivity index (χ0n) is 19.1. The molecule has 1 heterocycles. The number of piperazine rings is 1. The molecule has 3 rings (SSSR count). The van der Waals surface area contributed by atoms with E-state index in [-0.39, 0.29) is 34.9 Å². The minimum atomic E-state index is -0.669. The lowest BCUT2D eigenvalue weighted by molar-refractivity contribution is -0.119. The number of hydrogen-bond donors (Lipinski definition) is 1. The lowest BCUT2D eigenvalue weighted by Gasteiger charge is -2.35. The maximum Gasteiger partial charge on any atom is 0.257 e. The molecular weight excluding hydrogens is 466 g/mol. The average Bonchev–Trinajstić information content (AvgIpc) is 2.86. The second-order valence-electron chi connectivity index (χ2n) is 7.40. The molecule has 2 N–H and O–H groups in total. The van der Waals surface area contributed by atoms with Gasteiger partial charge in [0, 0.05) is 37.8 Å². The molecule has 0 bridgehead atoms. The van der Waals surface area contributed by atoms with Crippen molar-refractivity contribution in [3.63, 3.8) is 0 Å². The molecule has 0 saturated carbocycles. The van der Waals surface area contributed by atoms with Gasteiger partial charge in [-0.05, 0) is 24.3 Å². The Kier molecular flexibility index (Phi) is 8.06. The Morgan fingerprint density at radius 3 is 2.06 bits per heavy atom. The number of hydrogen-bond acceptors (Lipinski definition) is 7. The normalized spacial score (nSPS) is 13.3. The van der Waals surface area contributed by atoms with Gasteiger partial charge >= 0.3 is 0 Å². The van der Waals surface area contributed by atoms with E-state index in [0.717, 1.165) is 0 Å². The second kappa shape index (κ2) is 11.0. The highest BCUT2D eigenvalue weighted by atomic mass is 35.5. The van der Waals surface area contributed by atoms with Crippen LogP contribution in [0.5, 0.6) is 23.0 Å². The van der Waals surface area contributed by atoms with Gasteiger partial charge in [0.25, 0.3) is 17.7 Å². The molecule has 1 aliphatic rings. The summed E-state index contributed by atoms with van der Waals surface area (Å²) in [5, 5.41) is 0.115. The number of amides is 3. The predicted octanol–water partition coefficient (Wildman–Crippen LogP) is 1.83. The Bertz CT molecular complexity index is 1080. The van der Waals surface area contributed by atoms with Crippen LogP contribution >= 0.6 is 11.6 Å². The van der Waals surface area contributed by atoms with Crippen LogP contribution < -0.4 is 24.7 Å². The van der Waals surface area contributed by atoms with Gasteiger partial charge < -0.3 is 34.5 Å². The van der Waals surface area contributed by atoms with E-state index in [4.69, 9.17) is 36.3 Å². The lowest BCUT2D eigenvalue weighted by Crippen LogP contribution is -2.50. The molecule has 2 aromatic carbocycles. The third kappa shape index (κ3) is 5.45. The van der Waals surface area contributed by atoms with Crippen LogP contribution in [-0.2, 0) is 4.79 Å². The molecule has 10 nitrogen and oxygen atoms in total. The van der Waals surface area contributed by atoms with Gasteiger partial charge in [0.2, 0.25) is 0 Å². The summed E-state index contributed by atoms with van der Waals surface area (Å²) in [6.45, 7) is 0.999. The standard InChI is InChI=1S/C23H26ClN3O7/c1-31-15-4-5-16(18(12-15)32-2)23(30)27-8-6-26(7-9-27)22(29)14-10-17(24)21(19(11-14)33-3)34-13-20(25)28/h4-5,10-12H,6-9,13H2,1-3H3,(H2,25,28). The summed E-state index contributed by atoms with van der Waals surface area (Å²) in [4.78, 5) is 40.4. The average molecular weight is 492 g/mol. The van der Waals surface area contributed by atoms with Gasteiger partial charge in [0.15, 0.2) is 18.1 Å². The number of carbonyl (C=O) groups is 3. The van der Waals surface area contributed by atoms with Crippen molar-refractivity contribution < 1.29 is 33.3 Å². The van der Waals surface area contributed by atoms with E-state index in [0.29, 0.717) is 48.8 Å². The highest BCUT2D eigenvalue weighted by Gasteiger charge is 2.28. The smallest absolute Gasteiger partial charge is 0.257 e. The molecule has 0 spiro atoms. The van der Waals surface area contributed by atoms with E-state index in [1.165, 1.54) is 33.5 Å². The summed E-state index contributed by atoms with van der Waals surface area (Å²) in [5.41, 5.74) is 5.83. The van der Waals surface area contributed by atoms with Crippen LogP contribution in [0.15, 0.2) is 30.3 Å². The summed E-state index contributed by atoms with van der Waals surface area (Å²) < 4.78 is 21.1. The Morgan fingerprint density at radius 1 is 0.882 bits per heavy atom. The first-order chi connectivity index (χ1) is 16.3. The SMILES string of the molecule is COc1ccc(C(=O)N2CCN(C(=O)c3cc(Cl)c(OCC(N)=O)c(OC)c3)CC2)c(OC)c1. The Labute approximate surface area is 202 Å². The first-order valence-electron chi connectivity index (χ1n) is 10.4. The number of halogens is 1. The summed E-state index contributed by atoms with van der Waals surface area (Å²) in [7, 11) is 4.43. The summed E-state index contributed by atoms with van der Waals surface area (Å²) in [6.07, 6.45) is 0. The molecule has 3 amide bonds. The molecule has 0 aromatic heterocycles. The Morgan fingerprint density at radius 2 is 1.50 bits per heavy atom. The monoisotopic (exact) mass is 491 g/mol. The summed E-state index contributed by atoms with van der Waals surface area (Å²) in [6, 6.07) is 7.95. The maximum atomic E-state index is 13.1. The van der Waals surface area contributed by atoms with E-state index in [1.807, 2.05) is 0 Å². The first-order valence-corrected chi connectivity index (χ1v) is 10.8. The lowest BCUT2D eigenvalue weighted by atomic mass is 10.1. The van der Waals surface area contributed by atoms with Crippen molar-refractivity contribution in [3.05, 3.63) is 46.5 Å². The van der Waals surface area contributed by atoms with Crippen LogP contribution in [0.25, 0.3) is 0 Å². The quantitative estimate of drug-likeness (QED) is 0.598. The number of primary amides is 1. The summed E-state index contributed by atoms with van der Waals surface area (Å²) in [5.74, 6) is 0.217. The van der Waals surface area contributed by atoms with Gasteiger partial charge in [-0.25, -0.2) is 0 Å². The van der Waals surface area contributed by atoms with Crippen molar-refractivity contribution in [2.75, 3.05) is 54.1 Å². The number of nitrogens with zero attached hydrogens (tertiary/aromatic N) is 2. The van der Waals surface area contributed by atoms with Crippen molar-refractivity contribution in [1.29, 1.82) is 0 Å². The van der Waals surface area contributed by atoms with Crippen molar-refractivity contribution in [2.45, 2.75) is 0 Å². The summed E-state index contributed by atoms with van der Waals surface area (Å²) >= 11 is 6.26. The molecule has 0 aliphatic carbocycles. The third-order valence-corrected chi connectivity index (χ3v) is 5.61. The van der Waals surface area contributed by atoms with Gasteiger partial charge in [-0.2, -0.15) is 0 Å². The first kappa shape index (κ1) is 25.0. The van der Waals surface area contributed by atoms with Gasteiger partial charge in [0.1, 0.15) is 11.5 Å². The van der Waals surface area contributed by atoms with E-state index in [9.17, 15) is 14.4 Å². The van der Waals surface area contributed by atoms with Gasteiger partial charge in [-0.3, -0.25) is 14.4 Å². The molecule has 1 fully saturated rings. The number of methoxy groups -OCH3 is 3. The largest absolute Gasteiger partial charge is 0.497 e. The van der Waals surface area contributed by atoms with Gasteiger partial charge in [0.05, 0.1) is 31.9 Å². The molecule has 0 atom stereocenters. The minimum absolute atomic E-state index is 0.115. The molecule has 182 valence electrons. The fraction of sp³-hybridized carbons (Fsp3) is 0.348. The number of carbonyl (C=O) groups excluding carboxylic acids is 3. The number of nitrogens with two attached hydrogens (primary N) is 1. The molecule has 0 unspecified atom stereocenters. The number of rotatable bonds is 8. The van der Waals surface area contributed by atoms with Gasteiger partial charge in [-0.15, -0.1) is 0 Å². The van der Waals surface area contributed by atoms with E-state index < -0.39 is 5.91 Å². The second-order valence-corrected chi connectivity index (χ2v) is 7.80. The maximum absolute atomic E-state index is 13.1. The highest BCUT2D eigenvalue weighted by Crippen LogP contribution is 2.37. The molecule has 1 saturated heterocycles. The van der Waals surface area contributed by atoms with E-state index in [2.05, 4.69) is 0 Å². The predicted molar refractivity (Wildman–Crippen MR) is 124 cm³/mol. The Balaban J connectivity index is 1.69. The van der Waals surface area contributed by atoms with Crippen molar-refractivity contribution in [2.24, 2.45) is 5.73 Å². The topological polar surface area (TPSA) is 121 Å². The van der Waals surface area contributed by atoms with E-state index >= 15 is 0 Å². The molecule has 0 radical (unpaired) electrons. The van der Waals surface area contributed by atoms with Crippen molar-refractivity contribution in [1.82, 2.24) is 9.80 Å². The van der Waals surface area contributed by atoms with Gasteiger partial charge in [-0.1, -0.05) is 11.6 Å². The fourth-order valence-corrected chi connectivity index (χ4v) is 3.83. The number of ether oxygens (including phenoxy) is 4. The zero-order chi connectivity index (χ0) is 24.8. The van der Waals surface area contributed by atoms with Crippen LogP contribution in [0.2, 0.25) is 5.02 Å². The molecule has 34 heavy (non-hydrogen) atoms. The Hall–Kier alpha value is -3.66. The van der Waals surface area contributed by atoms with Crippen molar-refractivity contribution >= 4 is 29.3 Å². The van der Waals surface area contributed by atoms with Crippen LogP contribution in [0, 0.1) is 0 Å². The zero-order valence-corrected chi connectivity index (χ0v) is 19.9. The minimum Gasteiger partial charge on any atom is -0.497 e. The molecule has 11 heteroatoms. The van der Waals surface area contributed by atoms with E-state index in [1.54, 1.807) is 28.0 Å². The van der Waals surface area contributed by atoms with Crippen molar-refractivity contribution in [3.8, 4) is 23.0 Å². The fourth-order valence-electron chi connectivity index (χ4n) is 3.57. The molecular formula is C23H26ClN3O7. The van der Waals surface area contributed by atoms with Crippen LogP contribution in [0.4, 0.5) is 0 Å². The number of benzene rings is 2.